The van der Waals surface area contributed by atoms with E-state index in [2.05, 4.69) is 12.1 Å². The molecule has 0 aromatic heterocycles. The molecular weight excluding hydrogens is 281 g/mol. The minimum atomic E-state index is -0.338. The number of nitrogens with zero attached hydrogens (tertiary/aromatic N) is 1. The molecule has 2 heterocycles. The van der Waals surface area contributed by atoms with Gasteiger partial charge in [0.2, 0.25) is 0 Å². The summed E-state index contributed by atoms with van der Waals surface area (Å²) < 4.78 is 19.7. The molecule has 114 valence electrons. The van der Waals surface area contributed by atoms with E-state index in [1.165, 1.54) is 22.8 Å². The fraction of sp³-hybridized carbons (Fsp3) is 0.333. The van der Waals surface area contributed by atoms with E-state index in [1.807, 2.05) is 12.1 Å². The number of hydrogen-bond acceptors (Lipinski definition) is 3. The van der Waals surface area contributed by atoms with Gasteiger partial charge in [-0.1, -0.05) is 36.4 Å². The van der Waals surface area contributed by atoms with Crippen LogP contribution < -0.4 is 0 Å². The van der Waals surface area contributed by atoms with Crippen molar-refractivity contribution in [1.82, 2.24) is 5.06 Å². The molecule has 2 aliphatic heterocycles. The Labute approximate surface area is 128 Å². The lowest BCUT2D eigenvalue weighted by atomic mass is 9.83. The van der Waals surface area contributed by atoms with Gasteiger partial charge in [0.05, 0.1) is 5.60 Å². The van der Waals surface area contributed by atoms with E-state index < -0.39 is 0 Å². The van der Waals surface area contributed by atoms with Crippen molar-refractivity contribution in [2.45, 2.75) is 24.5 Å². The number of rotatable bonds is 1. The highest BCUT2D eigenvalue weighted by Crippen LogP contribution is 2.51. The molecule has 2 aromatic rings. The summed E-state index contributed by atoms with van der Waals surface area (Å²) in [5.74, 6) is -0.238. The molecule has 4 rings (SSSR count). The molecule has 0 bridgehead atoms. The van der Waals surface area contributed by atoms with Crippen LogP contribution in [0.4, 0.5) is 4.39 Å². The van der Waals surface area contributed by atoms with Crippen molar-refractivity contribution in [1.29, 1.82) is 0 Å². The fourth-order valence-corrected chi connectivity index (χ4v) is 3.62. The summed E-state index contributed by atoms with van der Waals surface area (Å²) in [5.41, 5.74) is 2.99. The number of piperidine rings is 1. The van der Waals surface area contributed by atoms with E-state index in [0.29, 0.717) is 13.1 Å². The number of fused-ring (bicyclic) bond motifs is 2. The van der Waals surface area contributed by atoms with Gasteiger partial charge in [-0.25, -0.2) is 4.39 Å². The molecule has 0 radical (unpaired) electrons. The van der Waals surface area contributed by atoms with Crippen LogP contribution >= 0.6 is 0 Å². The lowest BCUT2D eigenvalue weighted by Gasteiger charge is -2.37. The molecule has 1 spiro atoms. The van der Waals surface area contributed by atoms with E-state index in [9.17, 15) is 9.60 Å². The summed E-state index contributed by atoms with van der Waals surface area (Å²) in [5, 5.41) is 11.0. The Kier molecular flexibility index (Phi) is 3.26. The molecule has 2 aromatic carbocycles. The number of hydrogen-bond donors (Lipinski definition) is 1. The van der Waals surface area contributed by atoms with Crippen LogP contribution in [0.25, 0.3) is 0 Å². The summed E-state index contributed by atoms with van der Waals surface area (Å²) in [6.07, 6.45) is 1.36. The quantitative estimate of drug-likeness (QED) is 0.873. The van der Waals surface area contributed by atoms with Crippen LogP contribution in [0.5, 0.6) is 0 Å². The molecular formula is C18H18FNO2. The van der Waals surface area contributed by atoms with Gasteiger partial charge in [0.25, 0.3) is 0 Å². The van der Waals surface area contributed by atoms with E-state index in [0.717, 1.165) is 24.0 Å². The Bertz CT molecular complexity index is 678. The molecule has 2 aliphatic rings. The van der Waals surface area contributed by atoms with Crippen molar-refractivity contribution in [2.75, 3.05) is 13.1 Å². The van der Waals surface area contributed by atoms with Crippen LogP contribution in [0.2, 0.25) is 0 Å². The maximum absolute atomic E-state index is 13.2. The van der Waals surface area contributed by atoms with E-state index >= 15 is 0 Å². The lowest BCUT2D eigenvalue weighted by Crippen LogP contribution is -2.41. The van der Waals surface area contributed by atoms with Crippen molar-refractivity contribution >= 4 is 0 Å². The first-order chi connectivity index (χ1) is 10.7. The Balaban J connectivity index is 1.75. The molecule has 0 saturated carbocycles. The average molecular weight is 299 g/mol. The normalized spacial score (nSPS) is 23.6. The van der Waals surface area contributed by atoms with Crippen molar-refractivity contribution in [3.05, 3.63) is 71.0 Å². The van der Waals surface area contributed by atoms with Gasteiger partial charge < -0.3 is 9.94 Å². The summed E-state index contributed by atoms with van der Waals surface area (Å²) in [6.45, 7) is 1.20. The second kappa shape index (κ2) is 5.16. The highest BCUT2D eigenvalue weighted by Gasteiger charge is 2.46. The van der Waals surface area contributed by atoms with Gasteiger partial charge in [-0.15, -0.1) is 0 Å². The van der Waals surface area contributed by atoms with Gasteiger partial charge in [0.1, 0.15) is 11.9 Å². The van der Waals surface area contributed by atoms with Gasteiger partial charge in [-0.05, 0) is 41.7 Å². The van der Waals surface area contributed by atoms with Crippen LogP contribution in [-0.4, -0.2) is 23.4 Å². The molecule has 0 unspecified atom stereocenters. The predicted octanol–water partition coefficient (Wildman–Crippen LogP) is 3.63. The zero-order valence-corrected chi connectivity index (χ0v) is 12.2. The third-order valence-electron chi connectivity index (χ3n) is 4.80. The summed E-state index contributed by atoms with van der Waals surface area (Å²) in [7, 11) is 0. The molecule has 4 heteroatoms. The minimum Gasteiger partial charge on any atom is -0.358 e. The first kappa shape index (κ1) is 13.9. The predicted molar refractivity (Wildman–Crippen MR) is 80.0 cm³/mol. The molecule has 1 N–H and O–H groups in total. The molecule has 0 aliphatic carbocycles. The average Bonchev–Trinajstić information content (AvgIpc) is 2.87. The highest BCUT2D eigenvalue weighted by molar-refractivity contribution is 5.43. The highest BCUT2D eigenvalue weighted by atomic mass is 19.1. The van der Waals surface area contributed by atoms with E-state index in [4.69, 9.17) is 4.74 Å². The van der Waals surface area contributed by atoms with Crippen molar-refractivity contribution in [2.24, 2.45) is 0 Å². The van der Waals surface area contributed by atoms with Crippen LogP contribution in [0.15, 0.2) is 48.5 Å². The maximum atomic E-state index is 13.2. The standard InChI is InChI=1S/C18H18FNO2/c19-14-7-5-13(6-8-14)17-15-3-1-2-4-16(15)18(22-17)9-11-20(21)12-10-18/h1-8,17,21H,9-12H2/t17-/m0/s1. The first-order valence-electron chi connectivity index (χ1n) is 7.64. The Morgan fingerprint density at radius 3 is 2.45 bits per heavy atom. The summed E-state index contributed by atoms with van der Waals surface area (Å²) >= 11 is 0. The number of ether oxygens (including phenoxy) is 1. The third kappa shape index (κ3) is 2.15. The van der Waals surface area contributed by atoms with E-state index in [1.54, 1.807) is 12.1 Å². The van der Waals surface area contributed by atoms with Gasteiger partial charge >= 0.3 is 0 Å². The van der Waals surface area contributed by atoms with Crippen LogP contribution in [0.1, 0.15) is 35.6 Å². The SMILES string of the molecule is ON1CCC2(CC1)O[C@@H](c1ccc(F)cc1)c1ccccc12. The molecule has 1 saturated heterocycles. The number of benzene rings is 2. The van der Waals surface area contributed by atoms with Crippen LogP contribution in [-0.2, 0) is 10.3 Å². The fourth-order valence-electron chi connectivity index (χ4n) is 3.62. The zero-order chi connectivity index (χ0) is 15.2. The van der Waals surface area contributed by atoms with Gasteiger partial charge in [0, 0.05) is 13.1 Å². The first-order valence-corrected chi connectivity index (χ1v) is 7.64. The third-order valence-corrected chi connectivity index (χ3v) is 4.80. The zero-order valence-electron chi connectivity index (χ0n) is 12.2. The van der Waals surface area contributed by atoms with Crippen LogP contribution in [0.3, 0.4) is 0 Å². The van der Waals surface area contributed by atoms with E-state index in [-0.39, 0.29) is 17.5 Å². The maximum Gasteiger partial charge on any atom is 0.123 e. The number of hydroxylamine groups is 2. The Morgan fingerprint density at radius 2 is 1.73 bits per heavy atom. The largest absolute Gasteiger partial charge is 0.358 e. The van der Waals surface area contributed by atoms with Gasteiger partial charge in [-0.3, -0.25) is 0 Å². The topological polar surface area (TPSA) is 32.7 Å². The minimum absolute atomic E-state index is 0.165. The van der Waals surface area contributed by atoms with Crippen molar-refractivity contribution in [3.63, 3.8) is 0 Å². The Morgan fingerprint density at radius 1 is 1.05 bits per heavy atom. The second-order valence-electron chi connectivity index (χ2n) is 6.08. The lowest BCUT2D eigenvalue weighted by molar-refractivity contribution is -0.169. The monoisotopic (exact) mass is 299 g/mol. The molecule has 1 fully saturated rings. The number of halogens is 1. The molecule has 1 atom stereocenters. The summed E-state index contributed by atoms with van der Waals surface area (Å²) in [4.78, 5) is 0. The summed E-state index contributed by atoms with van der Waals surface area (Å²) in [6, 6.07) is 14.8. The van der Waals surface area contributed by atoms with Crippen molar-refractivity contribution in [3.8, 4) is 0 Å². The smallest absolute Gasteiger partial charge is 0.123 e. The Hall–Kier alpha value is -1.75. The van der Waals surface area contributed by atoms with Crippen LogP contribution in [0, 0.1) is 5.82 Å². The van der Waals surface area contributed by atoms with Gasteiger partial charge in [-0.2, -0.15) is 5.06 Å². The van der Waals surface area contributed by atoms with Crippen molar-refractivity contribution < 1.29 is 14.3 Å². The molecule has 22 heavy (non-hydrogen) atoms. The molecule has 3 nitrogen and oxygen atoms in total. The molecule has 0 amide bonds. The second-order valence-corrected chi connectivity index (χ2v) is 6.08. The van der Waals surface area contributed by atoms with Gasteiger partial charge in [0.15, 0.2) is 0 Å².